The van der Waals surface area contributed by atoms with Crippen LogP contribution in [-0.2, 0) is 0 Å². The van der Waals surface area contributed by atoms with Gasteiger partial charge in [-0.25, -0.2) is 4.98 Å². The molecule has 1 fully saturated rings. The highest BCUT2D eigenvalue weighted by molar-refractivity contribution is 7.99. The van der Waals surface area contributed by atoms with E-state index in [0.29, 0.717) is 6.04 Å². The molecule has 16 heavy (non-hydrogen) atoms. The van der Waals surface area contributed by atoms with Gasteiger partial charge < -0.3 is 5.32 Å². The molecule has 1 aliphatic rings. The molecule has 0 bridgehead atoms. The zero-order valence-corrected chi connectivity index (χ0v) is 9.57. The molecule has 2 heterocycles. The first-order valence-corrected chi connectivity index (χ1v) is 6.36. The van der Waals surface area contributed by atoms with Crippen molar-refractivity contribution in [2.75, 3.05) is 16.8 Å². The highest BCUT2D eigenvalue weighted by atomic mass is 32.2. The van der Waals surface area contributed by atoms with Crippen LogP contribution in [-0.4, -0.2) is 27.5 Å². The van der Waals surface area contributed by atoms with Crippen LogP contribution in [0.5, 0.6) is 0 Å². The van der Waals surface area contributed by atoms with Crippen molar-refractivity contribution in [2.45, 2.75) is 18.9 Å². The average molecular weight is 239 g/mol. The maximum absolute atomic E-state index is 10.4. The Balaban J connectivity index is 1.96. The van der Waals surface area contributed by atoms with Gasteiger partial charge in [-0.05, 0) is 30.4 Å². The van der Waals surface area contributed by atoms with Gasteiger partial charge in [0.15, 0.2) is 0 Å². The van der Waals surface area contributed by atoms with E-state index in [1.807, 2.05) is 11.8 Å². The molecular formula is C10H13N3O2S. The standard InChI is InChI=1S/C10H13N3O2S/c14-13(15)9-1-2-10(11-7-9)12-8-3-5-16-6-4-8/h1-2,7-8H,3-6H2,(H,11,12). The summed E-state index contributed by atoms with van der Waals surface area (Å²) in [5.41, 5.74) is 0.0322. The summed E-state index contributed by atoms with van der Waals surface area (Å²) in [6.45, 7) is 0. The first-order chi connectivity index (χ1) is 7.75. The van der Waals surface area contributed by atoms with Crippen LogP contribution in [0.15, 0.2) is 18.3 Å². The van der Waals surface area contributed by atoms with Crippen molar-refractivity contribution >= 4 is 23.3 Å². The molecular weight excluding hydrogens is 226 g/mol. The first-order valence-electron chi connectivity index (χ1n) is 5.20. The lowest BCUT2D eigenvalue weighted by Crippen LogP contribution is -2.24. The lowest BCUT2D eigenvalue weighted by Gasteiger charge is -2.22. The van der Waals surface area contributed by atoms with Crippen LogP contribution < -0.4 is 5.32 Å². The van der Waals surface area contributed by atoms with Crippen LogP contribution in [0.3, 0.4) is 0 Å². The van der Waals surface area contributed by atoms with Crippen LogP contribution in [0.1, 0.15) is 12.8 Å². The molecule has 0 amide bonds. The average Bonchev–Trinajstić information content (AvgIpc) is 2.31. The van der Waals surface area contributed by atoms with Gasteiger partial charge in [-0.3, -0.25) is 10.1 Å². The highest BCUT2D eigenvalue weighted by Gasteiger charge is 2.14. The number of nitrogens with one attached hydrogen (secondary N) is 1. The SMILES string of the molecule is O=[N+]([O-])c1ccc(NC2CCSCC2)nc1. The maximum Gasteiger partial charge on any atom is 0.287 e. The van der Waals surface area contributed by atoms with E-state index in [4.69, 9.17) is 0 Å². The van der Waals surface area contributed by atoms with Crippen LogP contribution in [0.25, 0.3) is 0 Å². The van der Waals surface area contributed by atoms with E-state index in [2.05, 4.69) is 10.3 Å². The molecule has 1 aliphatic heterocycles. The Morgan fingerprint density at radius 3 is 2.75 bits per heavy atom. The van der Waals surface area contributed by atoms with E-state index in [0.717, 1.165) is 18.7 Å². The third-order valence-electron chi connectivity index (χ3n) is 2.53. The van der Waals surface area contributed by atoms with Crippen molar-refractivity contribution in [3.05, 3.63) is 28.4 Å². The summed E-state index contributed by atoms with van der Waals surface area (Å²) in [7, 11) is 0. The molecule has 2 rings (SSSR count). The Morgan fingerprint density at radius 2 is 2.19 bits per heavy atom. The van der Waals surface area contributed by atoms with Crippen molar-refractivity contribution in [1.82, 2.24) is 4.98 Å². The number of hydrogen-bond donors (Lipinski definition) is 1. The molecule has 0 atom stereocenters. The zero-order chi connectivity index (χ0) is 11.4. The number of hydrogen-bond acceptors (Lipinski definition) is 5. The smallest absolute Gasteiger partial charge is 0.287 e. The summed E-state index contributed by atoms with van der Waals surface area (Å²) in [5, 5.41) is 13.7. The van der Waals surface area contributed by atoms with Crippen molar-refractivity contribution in [1.29, 1.82) is 0 Å². The van der Waals surface area contributed by atoms with E-state index in [-0.39, 0.29) is 5.69 Å². The lowest BCUT2D eigenvalue weighted by molar-refractivity contribution is -0.385. The summed E-state index contributed by atoms with van der Waals surface area (Å²) < 4.78 is 0. The molecule has 0 unspecified atom stereocenters. The Bertz CT molecular complexity index is 363. The van der Waals surface area contributed by atoms with Gasteiger partial charge in [0.05, 0.1) is 4.92 Å². The van der Waals surface area contributed by atoms with Gasteiger partial charge in [-0.15, -0.1) is 0 Å². The predicted octanol–water partition coefficient (Wildman–Crippen LogP) is 2.30. The third kappa shape index (κ3) is 2.85. The predicted molar refractivity (Wildman–Crippen MR) is 64.9 cm³/mol. The lowest BCUT2D eigenvalue weighted by atomic mass is 10.1. The summed E-state index contributed by atoms with van der Waals surface area (Å²) >= 11 is 1.97. The normalized spacial score (nSPS) is 17.0. The highest BCUT2D eigenvalue weighted by Crippen LogP contribution is 2.20. The molecule has 0 aliphatic carbocycles. The van der Waals surface area contributed by atoms with Crippen molar-refractivity contribution in [3.63, 3.8) is 0 Å². The van der Waals surface area contributed by atoms with E-state index < -0.39 is 4.92 Å². The Morgan fingerprint density at radius 1 is 1.44 bits per heavy atom. The zero-order valence-electron chi connectivity index (χ0n) is 8.76. The van der Waals surface area contributed by atoms with Gasteiger partial charge in [-0.2, -0.15) is 11.8 Å². The first kappa shape index (κ1) is 11.2. The number of pyridine rings is 1. The van der Waals surface area contributed by atoms with Crippen molar-refractivity contribution < 1.29 is 4.92 Å². The monoisotopic (exact) mass is 239 g/mol. The Labute approximate surface area is 97.8 Å². The number of nitrogens with zero attached hydrogens (tertiary/aromatic N) is 2. The quantitative estimate of drug-likeness (QED) is 0.647. The summed E-state index contributed by atoms with van der Waals surface area (Å²) in [6.07, 6.45) is 3.55. The summed E-state index contributed by atoms with van der Waals surface area (Å²) in [5.74, 6) is 3.07. The summed E-state index contributed by atoms with van der Waals surface area (Å²) in [6, 6.07) is 3.60. The number of anilines is 1. The number of nitro groups is 1. The molecule has 1 aromatic rings. The fourth-order valence-corrected chi connectivity index (χ4v) is 2.74. The second-order valence-electron chi connectivity index (χ2n) is 3.69. The van der Waals surface area contributed by atoms with Crippen LogP contribution in [0.2, 0.25) is 0 Å². The molecule has 0 spiro atoms. The number of rotatable bonds is 3. The van der Waals surface area contributed by atoms with Gasteiger partial charge in [-0.1, -0.05) is 0 Å². The second-order valence-corrected chi connectivity index (χ2v) is 4.91. The van der Waals surface area contributed by atoms with Crippen molar-refractivity contribution in [2.24, 2.45) is 0 Å². The van der Waals surface area contributed by atoms with Gasteiger partial charge in [0.25, 0.3) is 5.69 Å². The molecule has 1 saturated heterocycles. The minimum Gasteiger partial charge on any atom is -0.367 e. The van der Waals surface area contributed by atoms with E-state index in [1.165, 1.54) is 23.8 Å². The molecule has 1 aromatic heterocycles. The topological polar surface area (TPSA) is 68.1 Å². The Kier molecular flexibility index (Phi) is 3.61. The van der Waals surface area contributed by atoms with Gasteiger partial charge >= 0.3 is 0 Å². The molecule has 0 aromatic carbocycles. The Hall–Kier alpha value is -1.30. The molecule has 0 saturated carbocycles. The largest absolute Gasteiger partial charge is 0.367 e. The molecule has 6 heteroatoms. The minimum absolute atomic E-state index is 0.0322. The second kappa shape index (κ2) is 5.16. The van der Waals surface area contributed by atoms with E-state index >= 15 is 0 Å². The van der Waals surface area contributed by atoms with Gasteiger partial charge in [0.1, 0.15) is 12.0 Å². The van der Waals surface area contributed by atoms with E-state index in [9.17, 15) is 10.1 Å². The fraction of sp³-hybridized carbons (Fsp3) is 0.500. The maximum atomic E-state index is 10.4. The van der Waals surface area contributed by atoms with Gasteiger partial charge in [0, 0.05) is 12.1 Å². The summed E-state index contributed by atoms with van der Waals surface area (Å²) in [4.78, 5) is 14.0. The van der Waals surface area contributed by atoms with Crippen LogP contribution in [0, 0.1) is 10.1 Å². The molecule has 0 radical (unpaired) electrons. The van der Waals surface area contributed by atoms with Crippen molar-refractivity contribution in [3.8, 4) is 0 Å². The molecule has 1 N–H and O–H groups in total. The number of aromatic nitrogens is 1. The number of thioether (sulfide) groups is 1. The van der Waals surface area contributed by atoms with Crippen LogP contribution >= 0.6 is 11.8 Å². The fourth-order valence-electron chi connectivity index (χ4n) is 1.63. The third-order valence-corrected chi connectivity index (χ3v) is 3.58. The molecule has 86 valence electrons. The van der Waals surface area contributed by atoms with E-state index in [1.54, 1.807) is 6.07 Å². The minimum atomic E-state index is -0.436. The van der Waals surface area contributed by atoms with Crippen LogP contribution in [0.4, 0.5) is 11.5 Å². The molecule has 5 nitrogen and oxygen atoms in total. The van der Waals surface area contributed by atoms with Gasteiger partial charge in [0.2, 0.25) is 0 Å².